The first kappa shape index (κ1) is 87.0. The minimum Gasteiger partial charge on any atom is -0.436 e. The van der Waals surface area contributed by atoms with Crippen LogP contribution in [0, 0.1) is 0 Å². The van der Waals surface area contributed by atoms with Crippen LogP contribution < -0.4 is 0 Å². The van der Waals surface area contributed by atoms with Gasteiger partial charge in [0, 0.05) is 44.5 Å². The van der Waals surface area contributed by atoms with Gasteiger partial charge in [0.1, 0.15) is 22.1 Å². The normalized spacial score (nSPS) is 11.6. The van der Waals surface area contributed by atoms with Crippen molar-refractivity contribution in [1.29, 1.82) is 0 Å². The number of aryl methyl sites for hydroxylation is 8. The Morgan fingerprint density at radius 2 is 0.326 bits per heavy atom. The number of benzene rings is 14. The molecule has 12 heteroatoms. The largest absolute Gasteiger partial charge is 0.436 e. The van der Waals surface area contributed by atoms with Gasteiger partial charge in [-0.15, -0.1) is 0 Å². The second-order valence-electron chi connectivity index (χ2n) is 35.3. The molecule has 20 aromatic rings. The molecule has 0 atom stereocenters. The summed E-state index contributed by atoms with van der Waals surface area (Å²) in [5.41, 5.74) is 42.0. The summed E-state index contributed by atoms with van der Waals surface area (Å²) in [4.78, 5) is 40.5. The van der Waals surface area contributed by atoms with Crippen molar-refractivity contribution in [2.75, 3.05) is 0 Å². The fourth-order valence-electron chi connectivity index (χ4n) is 18.4. The molecule has 0 saturated heterocycles. The number of aromatic nitrogens is 8. The Hall–Kier alpha value is -14.4. The molecule has 6 aromatic heterocycles. The summed E-state index contributed by atoms with van der Waals surface area (Å²) < 4.78 is 25.4. The molecule has 0 saturated carbocycles. The Morgan fingerprint density at radius 1 is 0.159 bits per heavy atom. The molecule has 0 aliphatic heterocycles. The van der Waals surface area contributed by atoms with Gasteiger partial charge in [0.15, 0.2) is 22.3 Å². The van der Waals surface area contributed by atoms with Crippen LogP contribution in [0.5, 0.6) is 0 Å². The number of fused-ring (bicyclic) bond motifs is 6. The standard InChI is InChI=1S/C62H60N4O2.C58H52N4O2/c1-5-9-15-49-37-55-57(39-51(49)17-11-7-3)67-61(65-55)47-33-25-43(26-34-47)41-21-29-45(30-22-41)59-60(64-54-20-14-13-19-53(54)63-59)46-31-23-42(24-32-46)44-27-35-48(36-28-44)62-66-56-38-50(16-10-6-2)52(18-12-8-4)40-58(56)68-62;1-5-11-45-33-51-53(35-47(45)13-7-3)63-57(61-51)43-29-21-39(22-30-43)37-17-25-41(26-18-37)55-56(60-50-16-10-9-15-49(50)59-55)42-27-19-38(20-28-42)40-23-31-44(32-24-40)58-62-52-34-46(12-6-2)48(14-8-4)36-54(52)64-58/h13-14,19-40H,5-12,15-18H2,1-4H3;9-10,15-36H,5-8,11-14H2,1-4H3. The molecule has 0 amide bonds. The molecule has 20 rings (SSSR count). The maximum atomic E-state index is 6.37. The van der Waals surface area contributed by atoms with Crippen LogP contribution in [0.1, 0.15) is 177 Å². The van der Waals surface area contributed by atoms with Crippen LogP contribution in [0.3, 0.4) is 0 Å². The summed E-state index contributed by atoms with van der Waals surface area (Å²) >= 11 is 0. The molecule has 0 N–H and O–H groups in total. The summed E-state index contributed by atoms with van der Waals surface area (Å²) in [7, 11) is 0. The Bertz CT molecular complexity index is 6810. The molecule has 0 aliphatic carbocycles. The summed E-state index contributed by atoms with van der Waals surface area (Å²) in [5, 5.41) is 0. The van der Waals surface area contributed by atoms with Crippen LogP contribution in [-0.4, -0.2) is 39.9 Å². The molecule has 0 spiro atoms. The zero-order valence-electron chi connectivity index (χ0n) is 77.1. The van der Waals surface area contributed by atoms with Crippen LogP contribution >= 0.6 is 0 Å². The maximum Gasteiger partial charge on any atom is 0.227 e. The lowest BCUT2D eigenvalue weighted by molar-refractivity contribution is 0.618. The lowest BCUT2D eigenvalue weighted by atomic mass is 9.97. The van der Waals surface area contributed by atoms with Crippen molar-refractivity contribution in [2.24, 2.45) is 0 Å². The summed E-state index contributed by atoms with van der Waals surface area (Å²) in [6.45, 7) is 17.9. The average molecular weight is 1730 g/mol. The fourth-order valence-corrected chi connectivity index (χ4v) is 18.4. The number of rotatable bonds is 32. The fraction of sp³-hybridized carbons (Fsp3) is 0.233. The number of hydrogen-bond acceptors (Lipinski definition) is 12. The van der Waals surface area contributed by atoms with Gasteiger partial charge in [0.25, 0.3) is 0 Å². The lowest BCUT2D eigenvalue weighted by Gasteiger charge is -2.12. The zero-order valence-corrected chi connectivity index (χ0v) is 77.1. The monoisotopic (exact) mass is 1730 g/mol. The van der Waals surface area contributed by atoms with Crippen molar-refractivity contribution < 1.29 is 17.7 Å². The lowest BCUT2D eigenvalue weighted by Crippen LogP contribution is -1.95. The molecule has 0 radical (unpaired) electrons. The third-order valence-electron chi connectivity index (χ3n) is 25.8. The highest BCUT2D eigenvalue weighted by atomic mass is 16.4. The van der Waals surface area contributed by atoms with E-state index >= 15 is 0 Å². The highest BCUT2D eigenvalue weighted by Gasteiger charge is 2.23. The van der Waals surface area contributed by atoms with E-state index in [1.54, 1.807) is 0 Å². The van der Waals surface area contributed by atoms with Gasteiger partial charge in [0.2, 0.25) is 23.6 Å². The van der Waals surface area contributed by atoms with Gasteiger partial charge in [-0.3, -0.25) is 0 Å². The van der Waals surface area contributed by atoms with Gasteiger partial charge in [-0.1, -0.05) is 277 Å². The van der Waals surface area contributed by atoms with Crippen LogP contribution in [0.4, 0.5) is 0 Å². The first-order valence-corrected chi connectivity index (χ1v) is 48.0. The van der Waals surface area contributed by atoms with Gasteiger partial charge in [-0.05, 0) is 287 Å². The van der Waals surface area contributed by atoms with E-state index in [2.05, 4.69) is 298 Å². The van der Waals surface area contributed by atoms with E-state index < -0.39 is 0 Å². The first-order valence-electron chi connectivity index (χ1n) is 48.0. The molecular weight excluding hydrogens is 1620 g/mol. The van der Waals surface area contributed by atoms with E-state index in [0.717, 1.165) is 255 Å². The SMILES string of the molecule is CCCCc1cc2nc(-c3ccc(-c4ccc(-c5nc6ccccc6nc5-c5ccc(-c6ccc(-c7nc8cc(CCCC)c(CCCC)cc8o7)cc6)cc5)cc4)cc3)oc2cc1CCCC.CCCc1cc2nc(-c3ccc(-c4ccc(-c5nc6ccccc6nc5-c5ccc(-c6ccc(-c7nc8cc(CCC)c(CCC)cc8o7)cc6)cc5)cc4)cc3)oc2cc1CCC. The van der Waals surface area contributed by atoms with Crippen molar-refractivity contribution in [3.8, 4) is 135 Å². The van der Waals surface area contributed by atoms with Crippen molar-refractivity contribution in [2.45, 2.75) is 184 Å². The van der Waals surface area contributed by atoms with E-state index in [4.69, 9.17) is 57.5 Å². The smallest absolute Gasteiger partial charge is 0.227 e. The quantitative estimate of drug-likeness (QED) is 0.0394. The molecule has 0 aliphatic rings. The predicted octanol–water partition coefficient (Wildman–Crippen LogP) is 33.0. The number of nitrogens with zero attached hydrogens (tertiary/aromatic N) is 8. The second-order valence-corrected chi connectivity index (χ2v) is 35.3. The molecule has 656 valence electrons. The number of hydrogen-bond donors (Lipinski definition) is 0. The maximum absolute atomic E-state index is 6.37. The number of para-hydroxylation sites is 4. The third kappa shape index (κ3) is 18.9. The Balaban J connectivity index is 0.000000171. The minimum absolute atomic E-state index is 0.652. The van der Waals surface area contributed by atoms with Crippen LogP contribution in [0.2, 0.25) is 0 Å². The molecule has 0 unspecified atom stereocenters. The Kier molecular flexibility index (Phi) is 26.3. The van der Waals surface area contributed by atoms with Crippen molar-refractivity contribution in [1.82, 2.24) is 39.9 Å². The van der Waals surface area contributed by atoms with Crippen LogP contribution in [-0.2, 0) is 51.4 Å². The average Bonchev–Trinajstić information content (AvgIpc) is 1.39. The minimum atomic E-state index is 0.652. The van der Waals surface area contributed by atoms with Crippen LogP contribution in [0.25, 0.3) is 202 Å². The van der Waals surface area contributed by atoms with E-state index in [1.807, 2.05) is 48.5 Å². The molecule has 0 bridgehead atoms. The van der Waals surface area contributed by atoms with E-state index in [0.29, 0.717) is 23.6 Å². The predicted molar refractivity (Wildman–Crippen MR) is 545 cm³/mol. The molecule has 6 heterocycles. The Labute approximate surface area is 773 Å². The molecule has 0 fully saturated rings. The number of unbranched alkanes of at least 4 members (excludes halogenated alkanes) is 4. The zero-order chi connectivity index (χ0) is 90.0. The second kappa shape index (κ2) is 39.9. The van der Waals surface area contributed by atoms with E-state index in [9.17, 15) is 0 Å². The van der Waals surface area contributed by atoms with Gasteiger partial charge in [-0.2, -0.15) is 0 Å². The van der Waals surface area contributed by atoms with E-state index in [-0.39, 0.29) is 0 Å². The first-order chi connectivity index (χ1) is 64.9. The van der Waals surface area contributed by atoms with Crippen molar-refractivity contribution >= 4 is 66.5 Å². The Morgan fingerprint density at radius 3 is 0.515 bits per heavy atom. The summed E-state index contributed by atoms with van der Waals surface area (Å²) in [6, 6.07) is 103. The summed E-state index contributed by atoms with van der Waals surface area (Å²) in [5.74, 6) is 2.62. The molecule has 12 nitrogen and oxygen atoms in total. The molecule has 14 aromatic carbocycles. The molecule has 132 heavy (non-hydrogen) atoms. The van der Waals surface area contributed by atoms with Gasteiger partial charge in [0.05, 0.1) is 44.8 Å². The van der Waals surface area contributed by atoms with Gasteiger partial charge in [-0.25, -0.2) is 39.9 Å². The topological polar surface area (TPSA) is 156 Å². The van der Waals surface area contributed by atoms with Crippen molar-refractivity contribution in [3.63, 3.8) is 0 Å². The van der Waals surface area contributed by atoms with Crippen LogP contribution in [0.15, 0.2) is 309 Å². The van der Waals surface area contributed by atoms with Crippen molar-refractivity contribution in [3.05, 3.63) is 336 Å². The highest BCUT2D eigenvalue weighted by Crippen LogP contribution is 2.41. The van der Waals surface area contributed by atoms with E-state index in [1.165, 1.54) is 95.9 Å². The highest BCUT2D eigenvalue weighted by molar-refractivity contribution is 5.91. The van der Waals surface area contributed by atoms with Gasteiger partial charge >= 0.3 is 0 Å². The third-order valence-corrected chi connectivity index (χ3v) is 25.8. The summed E-state index contributed by atoms with van der Waals surface area (Å²) in [6.07, 6.45) is 22.5. The molecular formula is C120H112N8O4. The number of oxazole rings is 4. The van der Waals surface area contributed by atoms with Gasteiger partial charge < -0.3 is 17.7 Å².